The Morgan fingerprint density at radius 1 is 1.22 bits per heavy atom. The molecule has 0 aliphatic carbocycles. The molecule has 0 amide bonds. The number of hydrogen-bond acceptors (Lipinski definition) is 2. The molecule has 18 heavy (non-hydrogen) atoms. The summed E-state index contributed by atoms with van der Waals surface area (Å²) in [6.45, 7) is 7.41. The lowest BCUT2D eigenvalue weighted by molar-refractivity contribution is 0.593. The highest BCUT2D eigenvalue weighted by molar-refractivity contribution is 9.10. The molecule has 3 heteroatoms. The van der Waals surface area contributed by atoms with Gasteiger partial charge in [0.05, 0.1) is 0 Å². The minimum atomic E-state index is 0.532. The Hall–Kier alpha value is -0.640. The van der Waals surface area contributed by atoms with Crippen LogP contribution < -0.4 is 5.32 Å². The first-order chi connectivity index (χ1) is 8.56. The first kappa shape index (κ1) is 13.8. The molecule has 0 atom stereocenters. The van der Waals surface area contributed by atoms with Crippen molar-refractivity contribution in [2.24, 2.45) is 0 Å². The van der Waals surface area contributed by atoms with Crippen molar-refractivity contribution in [2.75, 3.05) is 0 Å². The van der Waals surface area contributed by atoms with Crippen molar-refractivity contribution in [1.29, 1.82) is 0 Å². The standard InChI is InChI=1S/C15H18BrNS/c1-10(2)17-9-13-6-7-15(18-13)12-5-4-11(3)14(16)8-12/h4-8,10,17H,9H2,1-3H3. The van der Waals surface area contributed by atoms with E-state index in [1.165, 1.54) is 25.4 Å². The number of thiophene rings is 1. The molecule has 1 aromatic carbocycles. The second-order valence-corrected chi connectivity index (χ2v) is 6.79. The first-order valence-corrected chi connectivity index (χ1v) is 7.76. The number of nitrogens with one attached hydrogen (secondary N) is 1. The fourth-order valence-electron chi connectivity index (χ4n) is 1.68. The lowest BCUT2D eigenvalue weighted by Crippen LogP contribution is -2.21. The number of aryl methyl sites for hydroxylation is 1. The highest BCUT2D eigenvalue weighted by Gasteiger charge is 2.05. The van der Waals surface area contributed by atoms with Crippen LogP contribution >= 0.6 is 27.3 Å². The van der Waals surface area contributed by atoms with Crippen LogP contribution in [0.25, 0.3) is 10.4 Å². The molecule has 96 valence electrons. The predicted molar refractivity (Wildman–Crippen MR) is 84.2 cm³/mol. The van der Waals surface area contributed by atoms with E-state index in [4.69, 9.17) is 0 Å². The summed E-state index contributed by atoms with van der Waals surface area (Å²) in [6, 6.07) is 11.5. The topological polar surface area (TPSA) is 12.0 Å². The Balaban J connectivity index is 2.16. The SMILES string of the molecule is Cc1ccc(-c2ccc(CNC(C)C)s2)cc1Br. The van der Waals surface area contributed by atoms with Crippen LogP contribution in [0.5, 0.6) is 0 Å². The Bertz CT molecular complexity index is 531. The van der Waals surface area contributed by atoms with Gasteiger partial charge >= 0.3 is 0 Å². The van der Waals surface area contributed by atoms with Gasteiger partial charge < -0.3 is 5.32 Å². The molecule has 0 unspecified atom stereocenters. The summed E-state index contributed by atoms with van der Waals surface area (Å²) in [6.07, 6.45) is 0. The summed E-state index contributed by atoms with van der Waals surface area (Å²) in [5.74, 6) is 0. The van der Waals surface area contributed by atoms with Gasteiger partial charge in [-0.2, -0.15) is 0 Å². The lowest BCUT2D eigenvalue weighted by Gasteiger charge is -2.05. The zero-order valence-corrected chi connectivity index (χ0v) is 13.4. The average Bonchev–Trinajstić information content (AvgIpc) is 2.79. The van der Waals surface area contributed by atoms with Gasteiger partial charge in [-0.15, -0.1) is 11.3 Å². The van der Waals surface area contributed by atoms with E-state index in [-0.39, 0.29) is 0 Å². The van der Waals surface area contributed by atoms with Gasteiger partial charge in [-0.05, 0) is 36.2 Å². The van der Waals surface area contributed by atoms with Gasteiger partial charge in [0, 0.05) is 26.8 Å². The van der Waals surface area contributed by atoms with E-state index in [0.29, 0.717) is 6.04 Å². The quantitative estimate of drug-likeness (QED) is 0.836. The number of hydrogen-bond donors (Lipinski definition) is 1. The van der Waals surface area contributed by atoms with Crippen LogP contribution in [0.4, 0.5) is 0 Å². The third-order valence-electron chi connectivity index (χ3n) is 2.80. The highest BCUT2D eigenvalue weighted by atomic mass is 79.9. The summed E-state index contributed by atoms with van der Waals surface area (Å²) in [5.41, 5.74) is 2.56. The van der Waals surface area contributed by atoms with Crippen molar-refractivity contribution in [2.45, 2.75) is 33.4 Å². The second-order valence-electron chi connectivity index (χ2n) is 4.77. The van der Waals surface area contributed by atoms with Crippen LogP contribution in [0.1, 0.15) is 24.3 Å². The molecule has 0 saturated heterocycles. The third kappa shape index (κ3) is 3.44. The smallest absolute Gasteiger partial charge is 0.0346 e. The van der Waals surface area contributed by atoms with Crippen LogP contribution in [0.2, 0.25) is 0 Å². The van der Waals surface area contributed by atoms with Gasteiger partial charge in [0.25, 0.3) is 0 Å². The van der Waals surface area contributed by atoms with E-state index in [1.807, 2.05) is 11.3 Å². The maximum absolute atomic E-state index is 3.59. The summed E-state index contributed by atoms with van der Waals surface area (Å²) in [7, 11) is 0. The average molecular weight is 324 g/mol. The number of rotatable bonds is 4. The fourth-order valence-corrected chi connectivity index (χ4v) is 3.01. The summed E-state index contributed by atoms with van der Waals surface area (Å²) in [4.78, 5) is 2.71. The lowest BCUT2D eigenvalue weighted by atomic mass is 10.1. The maximum atomic E-state index is 3.59. The Kier molecular flexibility index (Phi) is 4.60. The molecule has 0 aliphatic rings. The van der Waals surface area contributed by atoms with E-state index >= 15 is 0 Å². The second kappa shape index (κ2) is 6.00. The maximum Gasteiger partial charge on any atom is 0.0346 e. The van der Waals surface area contributed by atoms with Gasteiger partial charge in [0.1, 0.15) is 0 Å². The molecule has 0 saturated carbocycles. The predicted octanol–water partition coefficient (Wildman–Crippen LogP) is 4.98. The van der Waals surface area contributed by atoms with Crippen LogP contribution in [0.3, 0.4) is 0 Å². The normalized spacial score (nSPS) is 11.2. The molecule has 2 rings (SSSR count). The van der Waals surface area contributed by atoms with Crippen molar-refractivity contribution in [1.82, 2.24) is 5.32 Å². The minimum Gasteiger partial charge on any atom is -0.310 e. The largest absolute Gasteiger partial charge is 0.310 e. The van der Waals surface area contributed by atoms with E-state index in [0.717, 1.165) is 6.54 Å². The third-order valence-corrected chi connectivity index (χ3v) is 4.79. The van der Waals surface area contributed by atoms with E-state index in [1.54, 1.807) is 0 Å². The van der Waals surface area contributed by atoms with Crippen LogP contribution in [-0.4, -0.2) is 6.04 Å². The molecule has 1 nitrogen and oxygen atoms in total. The Morgan fingerprint density at radius 3 is 2.67 bits per heavy atom. The molecule has 0 radical (unpaired) electrons. The van der Waals surface area contributed by atoms with Gasteiger partial charge in [-0.25, -0.2) is 0 Å². The molecule has 1 N–H and O–H groups in total. The molecule has 1 heterocycles. The van der Waals surface area contributed by atoms with Crippen LogP contribution in [-0.2, 0) is 6.54 Å². The Morgan fingerprint density at radius 2 is 2.00 bits per heavy atom. The van der Waals surface area contributed by atoms with Crippen LogP contribution in [0, 0.1) is 6.92 Å². The fraction of sp³-hybridized carbons (Fsp3) is 0.333. The molecule has 0 fully saturated rings. The molecule has 0 aliphatic heterocycles. The van der Waals surface area contributed by atoms with Gasteiger partial charge in [-0.1, -0.05) is 41.9 Å². The highest BCUT2D eigenvalue weighted by Crippen LogP contribution is 2.31. The molecule has 2 aromatic rings. The van der Waals surface area contributed by atoms with Gasteiger partial charge in [0.2, 0.25) is 0 Å². The number of halogens is 1. The molecular weight excluding hydrogens is 306 g/mol. The zero-order chi connectivity index (χ0) is 13.1. The van der Waals surface area contributed by atoms with Crippen molar-refractivity contribution < 1.29 is 0 Å². The van der Waals surface area contributed by atoms with Gasteiger partial charge in [0.15, 0.2) is 0 Å². The summed E-state index contributed by atoms with van der Waals surface area (Å²) in [5, 5.41) is 3.45. The van der Waals surface area contributed by atoms with Crippen molar-refractivity contribution >= 4 is 27.3 Å². The Labute approximate surface area is 121 Å². The molecule has 1 aromatic heterocycles. The summed E-state index contributed by atoms with van der Waals surface area (Å²) < 4.78 is 1.18. The van der Waals surface area contributed by atoms with Crippen molar-refractivity contribution in [3.05, 3.63) is 45.2 Å². The molecule has 0 bridgehead atoms. The number of benzene rings is 1. The summed E-state index contributed by atoms with van der Waals surface area (Å²) >= 11 is 5.45. The van der Waals surface area contributed by atoms with Gasteiger partial charge in [-0.3, -0.25) is 0 Å². The first-order valence-electron chi connectivity index (χ1n) is 6.15. The van der Waals surface area contributed by atoms with E-state index in [9.17, 15) is 0 Å². The van der Waals surface area contributed by atoms with E-state index < -0.39 is 0 Å². The molecular formula is C15H18BrNS. The monoisotopic (exact) mass is 323 g/mol. The van der Waals surface area contributed by atoms with E-state index in [2.05, 4.69) is 72.3 Å². The minimum absolute atomic E-state index is 0.532. The molecule has 0 spiro atoms. The van der Waals surface area contributed by atoms with Crippen molar-refractivity contribution in [3.8, 4) is 10.4 Å². The van der Waals surface area contributed by atoms with Crippen LogP contribution in [0.15, 0.2) is 34.8 Å². The zero-order valence-electron chi connectivity index (χ0n) is 11.0. The van der Waals surface area contributed by atoms with Crippen molar-refractivity contribution in [3.63, 3.8) is 0 Å².